The van der Waals surface area contributed by atoms with E-state index in [0.29, 0.717) is 35.3 Å². The summed E-state index contributed by atoms with van der Waals surface area (Å²) in [6, 6.07) is 16.9. The maximum Gasteiger partial charge on any atom is 0.264 e. The van der Waals surface area contributed by atoms with E-state index in [-0.39, 0.29) is 17.1 Å². The Morgan fingerprint density at radius 1 is 0.931 bits per heavy atom. The van der Waals surface area contributed by atoms with Gasteiger partial charge in [-0.05, 0) is 42.0 Å². The molecule has 3 aromatic carbocycles. The fourth-order valence-corrected chi connectivity index (χ4v) is 4.62. The number of rotatable bonds is 5. The zero-order chi connectivity index (χ0) is 20.4. The Balaban J connectivity index is 1.79. The second-order valence-corrected chi connectivity index (χ2v) is 8.69. The van der Waals surface area contributed by atoms with Crippen molar-refractivity contribution in [2.45, 2.75) is 11.4 Å². The van der Waals surface area contributed by atoms with Crippen LogP contribution >= 0.6 is 11.6 Å². The van der Waals surface area contributed by atoms with E-state index in [1.165, 1.54) is 30.3 Å². The maximum absolute atomic E-state index is 14.6. The highest BCUT2D eigenvalue weighted by atomic mass is 35.5. The largest absolute Gasteiger partial charge is 0.486 e. The Bertz CT molecular complexity index is 1140. The first kappa shape index (κ1) is 19.5. The van der Waals surface area contributed by atoms with E-state index in [4.69, 9.17) is 21.1 Å². The number of para-hydroxylation sites is 1. The number of nitrogens with zero attached hydrogens (tertiary/aromatic N) is 1. The molecule has 0 atom stereocenters. The van der Waals surface area contributed by atoms with Gasteiger partial charge in [0.2, 0.25) is 0 Å². The van der Waals surface area contributed by atoms with Gasteiger partial charge in [-0.2, -0.15) is 0 Å². The molecule has 0 saturated carbocycles. The fourth-order valence-electron chi connectivity index (χ4n) is 3.02. The van der Waals surface area contributed by atoms with Crippen LogP contribution in [0.25, 0.3) is 0 Å². The molecule has 1 aliphatic rings. The number of hydrogen-bond donors (Lipinski definition) is 0. The minimum atomic E-state index is -4.09. The van der Waals surface area contributed by atoms with Gasteiger partial charge in [0, 0.05) is 11.1 Å². The van der Waals surface area contributed by atoms with Crippen LogP contribution in [0.15, 0.2) is 71.6 Å². The van der Waals surface area contributed by atoms with Crippen LogP contribution in [0.3, 0.4) is 0 Å². The predicted molar refractivity (Wildman–Crippen MR) is 109 cm³/mol. The molecule has 0 aliphatic carbocycles. The quantitative estimate of drug-likeness (QED) is 0.588. The van der Waals surface area contributed by atoms with Gasteiger partial charge in [0.1, 0.15) is 19.0 Å². The minimum Gasteiger partial charge on any atom is -0.486 e. The van der Waals surface area contributed by atoms with Crippen LogP contribution in [0.2, 0.25) is 5.02 Å². The van der Waals surface area contributed by atoms with Crippen molar-refractivity contribution in [1.82, 2.24) is 0 Å². The fraction of sp³-hybridized carbons (Fsp3) is 0.143. The first-order valence-corrected chi connectivity index (χ1v) is 10.7. The number of sulfonamides is 1. The average Bonchev–Trinajstić information content (AvgIpc) is 2.73. The molecule has 5 nitrogen and oxygen atoms in total. The summed E-state index contributed by atoms with van der Waals surface area (Å²) in [5.74, 6) is 0.185. The van der Waals surface area contributed by atoms with Crippen molar-refractivity contribution >= 4 is 27.3 Å². The van der Waals surface area contributed by atoms with E-state index in [1.54, 1.807) is 36.4 Å². The summed E-state index contributed by atoms with van der Waals surface area (Å²) in [6.07, 6.45) is 0. The highest BCUT2D eigenvalue weighted by molar-refractivity contribution is 7.92. The summed E-state index contributed by atoms with van der Waals surface area (Å²) in [4.78, 5) is -0.0148. The monoisotopic (exact) mass is 433 g/mol. The predicted octanol–water partition coefficient (Wildman–Crippen LogP) is 4.65. The molecular weight excluding hydrogens is 417 g/mol. The van der Waals surface area contributed by atoms with E-state index in [9.17, 15) is 12.8 Å². The number of halogens is 2. The van der Waals surface area contributed by atoms with Crippen LogP contribution in [0, 0.1) is 5.82 Å². The van der Waals surface area contributed by atoms with Gasteiger partial charge >= 0.3 is 0 Å². The van der Waals surface area contributed by atoms with Crippen LogP contribution < -0.4 is 13.8 Å². The highest BCUT2D eigenvalue weighted by Gasteiger charge is 2.29. The topological polar surface area (TPSA) is 55.8 Å². The van der Waals surface area contributed by atoms with Crippen LogP contribution in [0.1, 0.15) is 5.56 Å². The minimum absolute atomic E-state index is 0.0148. The van der Waals surface area contributed by atoms with Crippen molar-refractivity contribution < 1.29 is 22.3 Å². The normalized spacial score (nSPS) is 13.2. The molecule has 0 unspecified atom stereocenters. The van der Waals surface area contributed by atoms with E-state index >= 15 is 0 Å². The molecular formula is C21H17ClFNO4S. The lowest BCUT2D eigenvalue weighted by molar-refractivity contribution is 0.171. The Morgan fingerprint density at radius 3 is 2.34 bits per heavy atom. The third kappa shape index (κ3) is 4.02. The maximum atomic E-state index is 14.6. The van der Waals surface area contributed by atoms with Crippen molar-refractivity contribution in [2.24, 2.45) is 0 Å². The van der Waals surface area contributed by atoms with Crippen molar-refractivity contribution in [3.05, 3.63) is 83.1 Å². The number of ether oxygens (including phenoxy) is 2. The zero-order valence-corrected chi connectivity index (χ0v) is 16.8. The van der Waals surface area contributed by atoms with Crippen LogP contribution in [-0.4, -0.2) is 21.6 Å². The van der Waals surface area contributed by atoms with Crippen LogP contribution in [0.5, 0.6) is 11.5 Å². The van der Waals surface area contributed by atoms with Crippen molar-refractivity contribution in [1.29, 1.82) is 0 Å². The first-order chi connectivity index (χ1) is 13.9. The molecule has 1 heterocycles. The lowest BCUT2D eigenvalue weighted by Gasteiger charge is -2.26. The second kappa shape index (κ2) is 7.93. The van der Waals surface area contributed by atoms with Crippen molar-refractivity contribution in [3.63, 3.8) is 0 Å². The van der Waals surface area contributed by atoms with E-state index in [2.05, 4.69) is 0 Å². The SMILES string of the molecule is O=S(=O)(c1ccc2c(c1)OCCO2)N(Cc1ccc(Cl)cc1)c1ccccc1F. The van der Waals surface area contributed by atoms with Gasteiger partial charge < -0.3 is 9.47 Å². The molecule has 150 valence electrons. The summed E-state index contributed by atoms with van der Waals surface area (Å²) in [7, 11) is -4.09. The van der Waals surface area contributed by atoms with Gasteiger partial charge in [0.25, 0.3) is 10.0 Å². The van der Waals surface area contributed by atoms with Gasteiger partial charge in [-0.25, -0.2) is 12.8 Å². The average molecular weight is 434 g/mol. The lowest BCUT2D eigenvalue weighted by atomic mass is 10.2. The molecule has 29 heavy (non-hydrogen) atoms. The number of fused-ring (bicyclic) bond motifs is 1. The third-order valence-corrected chi connectivity index (χ3v) is 6.47. The van der Waals surface area contributed by atoms with Gasteiger partial charge in [0.15, 0.2) is 11.5 Å². The van der Waals surface area contributed by atoms with Crippen molar-refractivity contribution in [2.75, 3.05) is 17.5 Å². The Morgan fingerprint density at radius 2 is 1.62 bits per heavy atom. The standard InChI is InChI=1S/C21H17ClFNO4S/c22-16-7-5-15(6-8-16)14-24(19-4-2-1-3-18(19)23)29(25,26)17-9-10-20-21(13-17)28-12-11-27-20/h1-10,13H,11-12,14H2. The van der Waals surface area contributed by atoms with Crippen LogP contribution in [0.4, 0.5) is 10.1 Å². The number of anilines is 1. The molecule has 0 saturated heterocycles. The molecule has 0 aromatic heterocycles. The van der Waals surface area contributed by atoms with Crippen LogP contribution in [-0.2, 0) is 16.6 Å². The molecule has 0 bridgehead atoms. The molecule has 8 heteroatoms. The van der Waals surface area contributed by atoms with E-state index in [0.717, 1.165) is 4.31 Å². The van der Waals surface area contributed by atoms with E-state index < -0.39 is 15.8 Å². The summed E-state index contributed by atoms with van der Waals surface area (Å²) in [5.41, 5.74) is 0.621. The number of benzene rings is 3. The third-order valence-electron chi connectivity index (χ3n) is 4.46. The molecule has 0 fully saturated rings. The summed E-state index contributed by atoms with van der Waals surface area (Å²) in [6.45, 7) is 0.671. The first-order valence-electron chi connectivity index (χ1n) is 8.86. The smallest absolute Gasteiger partial charge is 0.264 e. The van der Waals surface area contributed by atoms with E-state index in [1.807, 2.05) is 0 Å². The van der Waals surface area contributed by atoms with Gasteiger partial charge in [0.05, 0.1) is 17.1 Å². The van der Waals surface area contributed by atoms with Gasteiger partial charge in [-0.3, -0.25) is 4.31 Å². The Hall–Kier alpha value is -2.77. The van der Waals surface area contributed by atoms with Gasteiger partial charge in [-0.15, -0.1) is 0 Å². The molecule has 1 aliphatic heterocycles. The summed E-state index contributed by atoms with van der Waals surface area (Å²) in [5, 5.41) is 0.529. The Kier molecular flexibility index (Phi) is 5.34. The molecule has 0 radical (unpaired) electrons. The molecule has 3 aromatic rings. The molecule has 4 rings (SSSR count). The number of hydrogen-bond acceptors (Lipinski definition) is 4. The molecule has 0 amide bonds. The van der Waals surface area contributed by atoms with Gasteiger partial charge in [-0.1, -0.05) is 35.9 Å². The molecule has 0 spiro atoms. The summed E-state index contributed by atoms with van der Waals surface area (Å²) >= 11 is 5.93. The summed E-state index contributed by atoms with van der Waals surface area (Å²) < 4.78 is 53.5. The lowest BCUT2D eigenvalue weighted by Crippen LogP contribution is -2.31. The zero-order valence-electron chi connectivity index (χ0n) is 15.2. The second-order valence-electron chi connectivity index (χ2n) is 6.40. The highest BCUT2D eigenvalue weighted by Crippen LogP contribution is 2.35. The molecule has 0 N–H and O–H groups in total. The Labute approximate surface area is 173 Å². The van der Waals surface area contributed by atoms with Crippen molar-refractivity contribution in [3.8, 4) is 11.5 Å².